The van der Waals surface area contributed by atoms with Crippen LogP contribution in [0.15, 0.2) is 47.0 Å². The van der Waals surface area contributed by atoms with Crippen LogP contribution >= 0.6 is 0 Å². The molecule has 1 aliphatic rings. The van der Waals surface area contributed by atoms with E-state index in [0.29, 0.717) is 36.8 Å². The molecule has 1 amide bonds. The number of aryl methyl sites for hydroxylation is 2. The van der Waals surface area contributed by atoms with E-state index < -0.39 is 0 Å². The Morgan fingerprint density at radius 3 is 2.81 bits per heavy atom. The number of ether oxygens (including phenoxy) is 3. The molecule has 1 unspecified atom stereocenters. The minimum atomic E-state index is -0.158. The molecule has 162 valence electrons. The van der Waals surface area contributed by atoms with Gasteiger partial charge in [0, 0.05) is 18.0 Å². The molecule has 2 heterocycles. The Labute approximate surface area is 181 Å². The van der Waals surface area contributed by atoms with Gasteiger partial charge in [0.1, 0.15) is 18.1 Å². The highest BCUT2D eigenvalue weighted by Crippen LogP contribution is 2.30. The van der Waals surface area contributed by atoms with Gasteiger partial charge in [0.25, 0.3) is 5.91 Å². The lowest BCUT2D eigenvalue weighted by Gasteiger charge is -2.25. The third-order valence-electron chi connectivity index (χ3n) is 5.49. The number of aromatic nitrogens is 1. The largest absolute Gasteiger partial charge is 0.493 e. The SMILES string of the molecule is COc1cc(C(=O)NCC2COc3ccccc3C2)ccc1OCc1c(C)noc1C. The summed E-state index contributed by atoms with van der Waals surface area (Å²) in [6.07, 6.45) is 0.883. The molecule has 0 spiro atoms. The highest BCUT2D eigenvalue weighted by molar-refractivity contribution is 5.94. The van der Waals surface area contributed by atoms with Crippen molar-refractivity contribution in [3.8, 4) is 17.2 Å². The molecule has 1 aromatic heterocycles. The summed E-state index contributed by atoms with van der Waals surface area (Å²) in [4.78, 5) is 12.7. The van der Waals surface area contributed by atoms with Crippen molar-refractivity contribution >= 4 is 5.91 Å². The van der Waals surface area contributed by atoms with Crippen molar-refractivity contribution in [1.82, 2.24) is 10.5 Å². The van der Waals surface area contributed by atoms with Crippen LogP contribution in [0.3, 0.4) is 0 Å². The molecular formula is C24H26N2O5. The standard InChI is InChI=1S/C24H26N2O5/c1-15-20(16(2)31-26-15)14-30-22-9-8-19(11-23(22)28-3)24(27)25-12-17-10-18-6-4-5-7-21(18)29-13-17/h4-9,11,17H,10,12-14H2,1-3H3,(H,25,27). The number of hydrogen-bond acceptors (Lipinski definition) is 6. The van der Waals surface area contributed by atoms with Crippen molar-refractivity contribution in [3.05, 3.63) is 70.6 Å². The molecule has 1 N–H and O–H groups in total. The molecule has 0 radical (unpaired) electrons. The highest BCUT2D eigenvalue weighted by atomic mass is 16.5. The number of carbonyl (C=O) groups excluding carboxylic acids is 1. The average molecular weight is 422 g/mol. The second-order valence-corrected chi connectivity index (χ2v) is 7.66. The second-order valence-electron chi connectivity index (χ2n) is 7.66. The third kappa shape index (κ3) is 4.66. The Balaban J connectivity index is 1.36. The van der Waals surface area contributed by atoms with Crippen LogP contribution in [0.25, 0.3) is 0 Å². The first-order valence-corrected chi connectivity index (χ1v) is 10.3. The first-order valence-electron chi connectivity index (χ1n) is 10.3. The van der Waals surface area contributed by atoms with Gasteiger partial charge in [-0.05, 0) is 50.1 Å². The van der Waals surface area contributed by atoms with E-state index in [1.165, 1.54) is 5.56 Å². The Hall–Kier alpha value is -3.48. The van der Waals surface area contributed by atoms with Crippen LogP contribution in [0.5, 0.6) is 17.2 Å². The second kappa shape index (κ2) is 9.12. The fourth-order valence-corrected chi connectivity index (χ4v) is 3.65. The minimum Gasteiger partial charge on any atom is -0.493 e. The molecule has 7 nitrogen and oxygen atoms in total. The monoisotopic (exact) mass is 422 g/mol. The van der Waals surface area contributed by atoms with E-state index in [0.717, 1.165) is 29.2 Å². The summed E-state index contributed by atoms with van der Waals surface area (Å²) >= 11 is 0. The van der Waals surface area contributed by atoms with Crippen molar-refractivity contribution < 1.29 is 23.5 Å². The zero-order valence-electron chi connectivity index (χ0n) is 17.9. The number of hydrogen-bond donors (Lipinski definition) is 1. The smallest absolute Gasteiger partial charge is 0.251 e. The zero-order chi connectivity index (χ0) is 21.8. The molecule has 4 rings (SSSR count). The first-order chi connectivity index (χ1) is 15.0. The fourth-order valence-electron chi connectivity index (χ4n) is 3.65. The molecule has 0 saturated carbocycles. The van der Waals surface area contributed by atoms with Gasteiger partial charge in [-0.1, -0.05) is 23.4 Å². The van der Waals surface area contributed by atoms with Gasteiger partial charge in [-0.15, -0.1) is 0 Å². The van der Waals surface area contributed by atoms with Gasteiger partial charge in [0.2, 0.25) is 0 Å². The van der Waals surface area contributed by atoms with Gasteiger partial charge in [-0.2, -0.15) is 0 Å². The Morgan fingerprint density at radius 1 is 1.19 bits per heavy atom. The van der Waals surface area contributed by atoms with Crippen LogP contribution in [0.1, 0.15) is 32.9 Å². The van der Waals surface area contributed by atoms with Gasteiger partial charge in [-0.3, -0.25) is 4.79 Å². The first kappa shape index (κ1) is 20.8. The molecule has 0 aliphatic carbocycles. The number of nitrogens with zero attached hydrogens (tertiary/aromatic N) is 1. The summed E-state index contributed by atoms with van der Waals surface area (Å²) in [5.74, 6) is 2.78. The van der Waals surface area contributed by atoms with E-state index >= 15 is 0 Å². The van der Waals surface area contributed by atoms with Gasteiger partial charge in [0.15, 0.2) is 11.5 Å². The van der Waals surface area contributed by atoms with Crippen molar-refractivity contribution in [2.75, 3.05) is 20.3 Å². The summed E-state index contributed by atoms with van der Waals surface area (Å²) in [5, 5.41) is 6.94. The molecule has 1 aliphatic heterocycles. The minimum absolute atomic E-state index is 0.158. The predicted octanol–water partition coefficient (Wildman–Crippen LogP) is 3.86. The van der Waals surface area contributed by atoms with Crippen molar-refractivity contribution in [2.45, 2.75) is 26.9 Å². The van der Waals surface area contributed by atoms with Gasteiger partial charge >= 0.3 is 0 Å². The lowest BCUT2D eigenvalue weighted by atomic mass is 9.96. The number of carbonyl (C=O) groups is 1. The lowest BCUT2D eigenvalue weighted by Crippen LogP contribution is -2.34. The quantitative estimate of drug-likeness (QED) is 0.623. The number of amides is 1. The van der Waals surface area contributed by atoms with E-state index in [2.05, 4.69) is 16.5 Å². The molecule has 31 heavy (non-hydrogen) atoms. The van der Waals surface area contributed by atoms with E-state index in [1.54, 1.807) is 25.3 Å². The molecule has 2 aromatic carbocycles. The van der Waals surface area contributed by atoms with Crippen LogP contribution in [-0.4, -0.2) is 31.3 Å². The van der Waals surface area contributed by atoms with Gasteiger partial charge in [-0.25, -0.2) is 0 Å². The van der Waals surface area contributed by atoms with E-state index in [1.807, 2.05) is 32.0 Å². The van der Waals surface area contributed by atoms with Gasteiger partial charge < -0.3 is 24.1 Å². The number of rotatable bonds is 7. The highest BCUT2D eigenvalue weighted by Gasteiger charge is 2.21. The maximum Gasteiger partial charge on any atom is 0.251 e. The number of nitrogens with one attached hydrogen (secondary N) is 1. The normalized spacial score (nSPS) is 15.0. The number of para-hydroxylation sites is 1. The molecule has 0 saturated heterocycles. The summed E-state index contributed by atoms with van der Waals surface area (Å²) in [5.41, 5.74) is 3.38. The van der Waals surface area contributed by atoms with E-state index in [-0.39, 0.29) is 11.8 Å². The molecule has 3 aromatic rings. The van der Waals surface area contributed by atoms with Crippen LogP contribution in [0.2, 0.25) is 0 Å². The zero-order valence-corrected chi connectivity index (χ0v) is 17.9. The summed E-state index contributed by atoms with van der Waals surface area (Å²) < 4.78 is 22.3. The van der Waals surface area contributed by atoms with Crippen LogP contribution in [-0.2, 0) is 13.0 Å². The predicted molar refractivity (Wildman–Crippen MR) is 115 cm³/mol. The summed E-state index contributed by atoms with van der Waals surface area (Å²) in [7, 11) is 1.55. The number of benzene rings is 2. The Bertz CT molecular complexity index is 1060. The van der Waals surface area contributed by atoms with E-state index in [4.69, 9.17) is 18.7 Å². The summed E-state index contributed by atoms with van der Waals surface area (Å²) in [6, 6.07) is 13.2. The van der Waals surface area contributed by atoms with E-state index in [9.17, 15) is 4.79 Å². The Kier molecular flexibility index (Phi) is 6.11. The maximum absolute atomic E-state index is 12.7. The van der Waals surface area contributed by atoms with Crippen LogP contribution in [0.4, 0.5) is 0 Å². The Morgan fingerprint density at radius 2 is 2.03 bits per heavy atom. The molecule has 0 bridgehead atoms. The molecular weight excluding hydrogens is 396 g/mol. The van der Waals surface area contributed by atoms with Crippen LogP contribution < -0.4 is 19.5 Å². The van der Waals surface area contributed by atoms with Crippen molar-refractivity contribution in [3.63, 3.8) is 0 Å². The number of methoxy groups -OCH3 is 1. The average Bonchev–Trinajstić information content (AvgIpc) is 3.12. The third-order valence-corrected chi connectivity index (χ3v) is 5.49. The lowest BCUT2D eigenvalue weighted by molar-refractivity contribution is 0.0938. The van der Waals surface area contributed by atoms with Crippen molar-refractivity contribution in [2.24, 2.45) is 5.92 Å². The maximum atomic E-state index is 12.7. The topological polar surface area (TPSA) is 82.8 Å². The molecule has 1 atom stereocenters. The van der Waals surface area contributed by atoms with Crippen molar-refractivity contribution in [1.29, 1.82) is 0 Å². The van der Waals surface area contributed by atoms with Gasteiger partial charge in [0.05, 0.1) is 25.0 Å². The fraction of sp³-hybridized carbons (Fsp3) is 0.333. The number of fused-ring (bicyclic) bond motifs is 1. The molecule has 7 heteroatoms. The summed E-state index contributed by atoms with van der Waals surface area (Å²) in [6.45, 7) is 5.16. The van der Waals surface area contributed by atoms with Crippen LogP contribution in [0, 0.1) is 19.8 Å². The molecule has 0 fully saturated rings.